The summed E-state index contributed by atoms with van der Waals surface area (Å²) in [6.07, 6.45) is 4.60. The highest BCUT2D eigenvalue weighted by molar-refractivity contribution is 9.10. The Kier molecular flexibility index (Phi) is 4.27. The maximum absolute atomic E-state index is 12.9. The van der Waals surface area contributed by atoms with Crippen molar-refractivity contribution in [2.45, 2.75) is 19.3 Å². The highest BCUT2D eigenvalue weighted by Gasteiger charge is 2.32. The Morgan fingerprint density at radius 2 is 1.88 bits per heavy atom. The van der Waals surface area contributed by atoms with Gasteiger partial charge in [-0.15, -0.1) is 0 Å². The lowest BCUT2D eigenvalue weighted by Crippen LogP contribution is -2.42. The fourth-order valence-electron chi connectivity index (χ4n) is 3.70. The number of hydrogen-bond donors (Lipinski definition) is 0. The quantitative estimate of drug-likeness (QED) is 0.791. The molecule has 1 saturated heterocycles. The number of halogens is 1. The lowest BCUT2D eigenvalue weighted by Gasteiger charge is -2.34. The predicted octanol–water partition coefficient (Wildman–Crippen LogP) is 3.65. The lowest BCUT2D eigenvalue weighted by molar-refractivity contribution is -0.122. The van der Waals surface area contributed by atoms with Gasteiger partial charge in [0.05, 0.1) is 0 Å². The van der Waals surface area contributed by atoms with E-state index in [-0.39, 0.29) is 5.92 Å². The van der Waals surface area contributed by atoms with Crippen LogP contribution in [0.2, 0.25) is 0 Å². The first-order valence-corrected chi connectivity index (χ1v) is 9.27. The van der Waals surface area contributed by atoms with Gasteiger partial charge in [0.2, 0.25) is 5.91 Å². The topological polar surface area (TPSA) is 36.4 Å². The molecule has 3 heterocycles. The van der Waals surface area contributed by atoms with E-state index in [2.05, 4.69) is 44.0 Å². The van der Waals surface area contributed by atoms with Crippen LogP contribution in [0.1, 0.15) is 18.4 Å². The summed E-state index contributed by atoms with van der Waals surface area (Å²) < 4.78 is 0.990. The van der Waals surface area contributed by atoms with Gasteiger partial charge in [0.15, 0.2) is 0 Å². The van der Waals surface area contributed by atoms with Gasteiger partial charge in [0.25, 0.3) is 0 Å². The zero-order chi connectivity index (χ0) is 16.5. The van der Waals surface area contributed by atoms with Crippen molar-refractivity contribution in [2.24, 2.45) is 5.92 Å². The average Bonchev–Trinajstić information content (AvgIpc) is 3.06. The Hall–Kier alpha value is -1.88. The van der Waals surface area contributed by atoms with Gasteiger partial charge in [0, 0.05) is 41.9 Å². The second-order valence-corrected chi connectivity index (χ2v) is 7.38. The summed E-state index contributed by atoms with van der Waals surface area (Å²) in [7, 11) is 0. The van der Waals surface area contributed by atoms with E-state index in [1.165, 1.54) is 5.56 Å². The van der Waals surface area contributed by atoms with Gasteiger partial charge in [-0.2, -0.15) is 0 Å². The summed E-state index contributed by atoms with van der Waals surface area (Å²) in [5, 5.41) is 0. The number of carbonyl (C=O) groups excluding carboxylic acids is 1. The minimum atomic E-state index is 0.128. The molecule has 4 rings (SSSR count). The van der Waals surface area contributed by atoms with Crippen LogP contribution in [0.25, 0.3) is 0 Å². The Bertz CT molecular complexity index is 739. The van der Waals surface area contributed by atoms with Crippen LogP contribution in [-0.2, 0) is 11.2 Å². The molecule has 2 aliphatic heterocycles. The van der Waals surface area contributed by atoms with Crippen molar-refractivity contribution in [2.75, 3.05) is 29.4 Å². The van der Waals surface area contributed by atoms with Crippen LogP contribution < -0.4 is 9.80 Å². The summed E-state index contributed by atoms with van der Waals surface area (Å²) in [5.74, 6) is 1.42. The number of piperidine rings is 1. The van der Waals surface area contributed by atoms with E-state index in [9.17, 15) is 4.79 Å². The molecule has 2 aliphatic rings. The zero-order valence-corrected chi connectivity index (χ0v) is 15.1. The molecule has 0 spiro atoms. The highest BCUT2D eigenvalue weighted by atomic mass is 79.9. The molecule has 2 aromatic rings. The molecule has 1 aromatic heterocycles. The normalized spacial score (nSPS) is 17.9. The summed E-state index contributed by atoms with van der Waals surface area (Å²) in [4.78, 5) is 21.7. The van der Waals surface area contributed by atoms with E-state index in [0.717, 1.165) is 54.9 Å². The molecule has 1 aromatic carbocycles. The standard InChI is InChI=1S/C19H20BrN3O/c20-16-5-6-18(21-13-16)22-10-7-15(8-11-22)19(24)23-12-9-14-3-1-2-4-17(14)23/h1-6,13,15H,7-12H2. The number of anilines is 2. The number of pyridine rings is 1. The number of rotatable bonds is 2. The maximum atomic E-state index is 12.9. The fourth-order valence-corrected chi connectivity index (χ4v) is 3.93. The largest absolute Gasteiger partial charge is 0.357 e. The second-order valence-electron chi connectivity index (χ2n) is 6.46. The van der Waals surface area contributed by atoms with Crippen LogP contribution in [0.15, 0.2) is 47.1 Å². The Morgan fingerprint density at radius 1 is 1.08 bits per heavy atom. The summed E-state index contributed by atoms with van der Waals surface area (Å²) in [5.41, 5.74) is 2.40. The molecule has 0 bridgehead atoms. The molecule has 0 aliphatic carbocycles. The van der Waals surface area contributed by atoms with Gasteiger partial charge in [-0.05, 0) is 59.0 Å². The Morgan fingerprint density at radius 3 is 2.62 bits per heavy atom. The fraction of sp³-hybridized carbons (Fsp3) is 0.368. The van der Waals surface area contributed by atoms with E-state index in [1.54, 1.807) is 0 Å². The van der Waals surface area contributed by atoms with Gasteiger partial charge in [-0.1, -0.05) is 18.2 Å². The monoisotopic (exact) mass is 385 g/mol. The van der Waals surface area contributed by atoms with Crippen molar-refractivity contribution in [1.82, 2.24) is 4.98 Å². The molecule has 1 amide bonds. The third-order valence-corrected chi connectivity index (χ3v) is 5.50. The summed E-state index contributed by atoms with van der Waals surface area (Å²) >= 11 is 3.42. The lowest BCUT2D eigenvalue weighted by atomic mass is 9.95. The zero-order valence-electron chi connectivity index (χ0n) is 13.5. The van der Waals surface area contributed by atoms with E-state index in [4.69, 9.17) is 0 Å². The van der Waals surface area contributed by atoms with Gasteiger partial charge in [-0.25, -0.2) is 4.98 Å². The third-order valence-electron chi connectivity index (χ3n) is 5.03. The highest BCUT2D eigenvalue weighted by Crippen LogP contribution is 2.31. The van der Waals surface area contributed by atoms with E-state index in [1.807, 2.05) is 29.3 Å². The first-order valence-electron chi connectivity index (χ1n) is 8.48. The van der Waals surface area contributed by atoms with Crippen LogP contribution in [0, 0.1) is 5.92 Å². The van der Waals surface area contributed by atoms with E-state index < -0.39 is 0 Å². The van der Waals surface area contributed by atoms with Crippen LogP contribution in [0.3, 0.4) is 0 Å². The summed E-state index contributed by atoms with van der Waals surface area (Å²) in [6.45, 7) is 2.60. The molecule has 4 nitrogen and oxygen atoms in total. The van der Waals surface area contributed by atoms with Crippen LogP contribution in [-0.4, -0.2) is 30.5 Å². The second kappa shape index (κ2) is 6.55. The molecule has 124 valence electrons. The van der Waals surface area contributed by atoms with Crippen LogP contribution in [0.5, 0.6) is 0 Å². The number of fused-ring (bicyclic) bond motifs is 1. The molecule has 1 fully saturated rings. The smallest absolute Gasteiger partial charge is 0.230 e. The molecule has 0 N–H and O–H groups in total. The third kappa shape index (κ3) is 2.93. The molecule has 0 atom stereocenters. The van der Waals surface area contributed by atoms with E-state index >= 15 is 0 Å². The minimum Gasteiger partial charge on any atom is -0.357 e. The van der Waals surface area contributed by atoms with Crippen molar-refractivity contribution >= 4 is 33.3 Å². The Labute approximate surface area is 150 Å². The van der Waals surface area contributed by atoms with Crippen LogP contribution >= 0.6 is 15.9 Å². The van der Waals surface area contributed by atoms with Gasteiger partial charge in [-0.3, -0.25) is 4.79 Å². The van der Waals surface area contributed by atoms with Gasteiger partial charge in [0.1, 0.15) is 5.82 Å². The number of amides is 1. The molecular weight excluding hydrogens is 366 g/mol. The number of carbonyl (C=O) groups is 1. The number of nitrogens with zero attached hydrogens (tertiary/aromatic N) is 3. The number of aromatic nitrogens is 1. The number of benzene rings is 1. The predicted molar refractivity (Wildman–Crippen MR) is 99.4 cm³/mol. The van der Waals surface area contributed by atoms with Crippen molar-refractivity contribution in [3.05, 3.63) is 52.6 Å². The first-order chi connectivity index (χ1) is 11.7. The van der Waals surface area contributed by atoms with Crippen molar-refractivity contribution in [3.8, 4) is 0 Å². The van der Waals surface area contributed by atoms with Gasteiger partial charge >= 0.3 is 0 Å². The average molecular weight is 386 g/mol. The minimum absolute atomic E-state index is 0.128. The molecule has 0 saturated carbocycles. The van der Waals surface area contributed by atoms with E-state index in [0.29, 0.717) is 5.91 Å². The molecule has 0 radical (unpaired) electrons. The molecular formula is C19H20BrN3O. The Balaban J connectivity index is 1.41. The number of para-hydroxylation sites is 1. The van der Waals surface area contributed by atoms with Crippen LogP contribution in [0.4, 0.5) is 11.5 Å². The number of hydrogen-bond acceptors (Lipinski definition) is 3. The maximum Gasteiger partial charge on any atom is 0.230 e. The van der Waals surface area contributed by atoms with Crippen molar-refractivity contribution in [1.29, 1.82) is 0 Å². The molecule has 5 heteroatoms. The SMILES string of the molecule is O=C(C1CCN(c2ccc(Br)cn2)CC1)N1CCc2ccccc21. The molecule has 24 heavy (non-hydrogen) atoms. The van der Waals surface area contributed by atoms with Gasteiger partial charge < -0.3 is 9.80 Å². The molecule has 0 unspecified atom stereocenters. The van der Waals surface area contributed by atoms with Crippen molar-refractivity contribution < 1.29 is 4.79 Å². The van der Waals surface area contributed by atoms with Crippen molar-refractivity contribution in [3.63, 3.8) is 0 Å². The summed E-state index contributed by atoms with van der Waals surface area (Å²) in [6, 6.07) is 12.3. The first kappa shape index (κ1) is 15.6.